The van der Waals surface area contributed by atoms with Gasteiger partial charge in [0.25, 0.3) is 0 Å². The van der Waals surface area contributed by atoms with Crippen molar-refractivity contribution in [1.82, 2.24) is 25.5 Å². The fraction of sp³-hybridized carbons (Fsp3) is 0.455. The molecule has 0 aliphatic heterocycles. The van der Waals surface area contributed by atoms with Crippen molar-refractivity contribution in [3.05, 3.63) is 22.4 Å². The average molecular weight is 312 g/mol. The van der Waals surface area contributed by atoms with E-state index in [9.17, 15) is 4.79 Å². The standard InChI is InChI=1S/C11H16N6OS2/c12-4-6-17-11(14-15-16-17)20-8-10(18)13-5-3-9-2-1-7-19-9/h1-2,7H,3-6,8,12H2,(H,13,18). The summed E-state index contributed by atoms with van der Waals surface area (Å²) < 4.78 is 1.60. The molecule has 2 heterocycles. The van der Waals surface area contributed by atoms with Gasteiger partial charge in [-0.15, -0.1) is 16.4 Å². The third-order valence-corrected chi connectivity index (χ3v) is 4.34. The SMILES string of the molecule is NCCn1nnnc1SCC(=O)NCCc1cccs1. The van der Waals surface area contributed by atoms with Crippen LogP contribution in [0.25, 0.3) is 0 Å². The molecule has 7 nitrogen and oxygen atoms in total. The molecule has 0 fully saturated rings. The van der Waals surface area contributed by atoms with E-state index in [4.69, 9.17) is 5.73 Å². The molecule has 0 saturated carbocycles. The van der Waals surface area contributed by atoms with Crippen LogP contribution in [0.5, 0.6) is 0 Å². The molecule has 0 aliphatic carbocycles. The highest BCUT2D eigenvalue weighted by Crippen LogP contribution is 2.12. The van der Waals surface area contributed by atoms with Crippen molar-refractivity contribution in [2.75, 3.05) is 18.8 Å². The number of carbonyl (C=O) groups excluding carboxylic acids is 1. The summed E-state index contributed by atoms with van der Waals surface area (Å²) in [6.07, 6.45) is 0.860. The average Bonchev–Trinajstić information content (AvgIpc) is 3.08. The minimum atomic E-state index is -0.0196. The first-order chi connectivity index (χ1) is 9.79. The lowest BCUT2D eigenvalue weighted by molar-refractivity contribution is -0.118. The van der Waals surface area contributed by atoms with E-state index in [0.29, 0.717) is 30.5 Å². The lowest BCUT2D eigenvalue weighted by Crippen LogP contribution is -2.27. The number of nitrogens with zero attached hydrogens (tertiary/aromatic N) is 4. The molecule has 0 aliphatic rings. The summed E-state index contributed by atoms with van der Waals surface area (Å²) in [5.74, 6) is 0.281. The molecule has 0 saturated heterocycles. The van der Waals surface area contributed by atoms with E-state index >= 15 is 0 Å². The molecular formula is C11H16N6OS2. The molecule has 9 heteroatoms. The van der Waals surface area contributed by atoms with Gasteiger partial charge in [0.2, 0.25) is 11.1 Å². The molecule has 20 heavy (non-hydrogen) atoms. The topological polar surface area (TPSA) is 98.7 Å². The van der Waals surface area contributed by atoms with Crippen LogP contribution in [0.1, 0.15) is 4.88 Å². The lowest BCUT2D eigenvalue weighted by Gasteiger charge is -2.04. The highest BCUT2D eigenvalue weighted by molar-refractivity contribution is 7.99. The smallest absolute Gasteiger partial charge is 0.230 e. The number of thiophene rings is 1. The summed E-state index contributed by atoms with van der Waals surface area (Å²) in [5, 5.41) is 16.8. The predicted molar refractivity (Wildman–Crippen MR) is 78.6 cm³/mol. The van der Waals surface area contributed by atoms with Gasteiger partial charge in [0, 0.05) is 18.0 Å². The van der Waals surface area contributed by atoms with Crippen molar-refractivity contribution in [3.63, 3.8) is 0 Å². The van der Waals surface area contributed by atoms with Crippen molar-refractivity contribution in [3.8, 4) is 0 Å². The van der Waals surface area contributed by atoms with Crippen molar-refractivity contribution >= 4 is 29.0 Å². The number of carbonyl (C=O) groups is 1. The first-order valence-corrected chi connectivity index (χ1v) is 8.04. The Morgan fingerprint density at radius 1 is 1.55 bits per heavy atom. The number of aromatic nitrogens is 4. The van der Waals surface area contributed by atoms with E-state index in [2.05, 4.69) is 26.9 Å². The van der Waals surface area contributed by atoms with Gasteiger partial charge >= 0.3 is 0 Å². The quantitative estimate of drug-likeness (QED) is 0.673. The number of tetrazole rings is 1. The predicted octanol–water partition coefficient (Wildman–Crippen LogP) is 0.144. The summed E-state index contributed by atoms with van der Waals surface area (Å²) in [5.41, 5.74) is 5.45. The summed E-state index contributed by atoms with van der Waals surface area (Å²) in [4.78, 5) is 13.0. The van der Waals surface area contributed by atoms with E-state index in [-0.39, 0.29) is 5.91 Å². The van der Waals surface area contributed by atoms with Crippen molar-refractivity contribution < 1.29 is 4.79 Å². The third-order valence-electron chi connectivity index (χ3n) is 2.45. The summed E-state index contributed by atoms with van der Waals surface area (Å²) in [6, 6.07) is 4.07. The van der Waals surface area contributed by atoms with Gasteiger partial charge in [-0.1, -0.05) is 17.8 Å². The van der Waals surface area contributed by atoms with Gasteiger partial charge in [0.1, 0.15) is 0 Å². The van der Waals surface area contributed by atoms with Crippen molar-refractivity contribution in [2.24, 2.45) is 5.73 Å². The molecule has 0 bridgehead atoms. The Morgan fingerprint density at radius 3 is 3.20 bits per heavy atom. The molecular weight excluding hydrogens is 296 g/mol. The Kier molecular flexibility index (Phi) is 5.96. The van der Waals surface area contributed by atoms with Crippen LogP contribution in [0.4, 0.5) is 0 Å². The summed E-state index contributed by atoms with van der Waals surface area (Å²) in [6.45, 7) is 1.66. The summed E-state index contributed by atoms with van der Waals surface area (Å²) >= 11 is 3.01. The fourth-order valence-electron chi connectivity index (χ4n) is 1.52. The van der Waals surface area contributed by atoms with Gasteiger partial charge in [-0.25, -0.2) is 4.68 Å². The van der Waals surface area contributed by atoms with Gasteiger partial charge in [-0.3, -0.25) is 4.79 Å². The highest BCUT2D eigenvalue weighted by atomic mass is 32.2. The molecule has 0 unspecified atom stereocenters. The zero-order chi connectivity index (χ0) is 14.2. The van der Waals surface area contributed by atoms with Crippen LogP contribution in [0.3, 0.4) is 0 Å². The van der Waals surface area contributed by atoms with E-state index in [1.807, 2.05) is 11.4 Å². The Balaban J connectivity index is 1.68. The maximum atomic E-state index is 11.7. The Labute approximate surface area is 124 Å². The number of hydrogen-bond acceptors (Lipinski definition) is 7. The summed E-state index contributed by atoms with van der Waals surface area (Å²) in [7, 11) is 0. The number of amides is 1. The minimum absolute atomic E-state index is 0.0196. The first-order valence-electron chi connectivity index (χ1n) is 6.17. The third kappa shape index (κ3) is 4.58. The number of rotatable bonds is 8. The molecule has 2 rings (SSSR count). The zero-order valence-corrected chi connectivity index (χ0v) is 12.5. The molecule has 2 aromatic heterocycles. The normalized spacial score (nSPS) is 10.7. The Morgan fingerprint density at radius 2 is 2.45 bits per heavy atom. The monoisotopic (exact) mass is 312 g/mol. The molecule has 0 aromatic carbocycles. The maximum Gasteiger partial charge on any atom is 0.230 e. The molecule has 3 N–H and O–H groups in total. The van der Waals surface area contributed by atoms with E-state index in [1.54, 1.807) is 16.0 Å². The van der Waals surface area contributed by atoms with Crippen molar-refractivity contribution in [1.29, 1.82) is 0 Å². The van der Waals surface area contributed by atoms with E-state index in [0.717, 1.165) is 6.42 Å². The molecule has 1 amide bonds. The van der Waals surface area contributed by atoms with Crippen LogP contribution >= 0.6 is 23.1 Å². The number of hydrogen-bond donors (Lipinski definition) is 2. The fourth-order valence-corrected chi connectivity index (χ4v) is 2.97. The van der Waals surface area contributed by atoms with E-state index in [1.165, 1.54) is 16.6 Å². The second-order valence-corrected chi connectivity index (χ2v) is 5.92. The largest absolute Gasteiger partial charge is 0.355 e. The van der Waals surface area contributed by atoms with Gasteiger partial charge in [0.05, 0.1) is 12.3 Å². The van der Waals surface area contributed by atoms with Gasteiger partial charge < -0.3 is 11.1 Å². The van der Waals surface area contributed by atoms with Gasteiger partial charge in [-0.2, -0.15) is 0 Å². The maximum absolute atomic E-state index is 11.7. The second-order valence-electron chi connectivity index (χ2n) is 3.94. The van der Waals surface area contributed by atoms with Crippen molar-refractivity contribution in [2.45, 2.75) is 18.1 Å². The molecule has 0 spiro atoms. The van der Waals surface area contributed by atoms with Crippen LogP contribution in [0.15, 0.2) is 22.7 Å². The molecule has 0 atom stereocenters. The molecule has 108 valence electrons. The van der Waals surface area contributed by atoms with Crippen LogP contribution in [0.2, 0.25) is 0 Å². The van der Waals surface area contributed by atoms with E-state index < -0.39 is 0 Å². The van der Waals surface area contributed by atoms with Gasteiger partial charge in [0.15, 0.2) is 0 Å². The van der Waals surface area contributed by atoms with Gasteiger partial charge in [-0.05, 0) is 28.3 Å². The first kappa shape index (κ1) is 14.9. The molecule has 2 aromatic rings. The number of nitrogens with two attached hydrogens (primary N) is 1. The minimum Gasteiger partial charge on any atom is -0.355 e. The van der Waals surface area contributed by atoms with Crippen LogP contribution in [-0.4, -0.2) is 45.0 Å². The van der Waals surface area contributed by atoms with Crippen LogP contribution in [-0.2, 0) is 17.8 Å². The zero-order valence-electron chi connectivity index (χ0n) is 10.9. The Hall–Kier alpha value is -1.45. The Bertz CT molecular complexity index is 527. The molecule has 0 radical (unpaired) electrons. The number of nitrogens with one attached hydrogen (secondary N) is 1. The van der Waals surface area contributed by atoms with Crippen LogP contribution in [0, 0.1) is 0 Å². The van der Waals surface area contributed by atoms with Crippen LogP contribution < -0.4 is 11.1 Å². The lowest BCUT2D eigenvalue weighted by atomic mass is 10.3. The highest BCUT2D eigenvalue weighted by Gasteiger charge is 2.09. The number of thioether (sulfide) groups is 1. The second kappa shape index (κ2) is 7.98.